The number of phosphoric acid groups is 1. The number of benzene rings is 1. The third-order valence-corrected chi connectivity index (χ3v) is 7.50. The average Bonchev–Trinajstić information content (AvgIpc) is 3.45. The highest BCUT2D eigenvalue weighted by atomic mass is 35.5. The summed E-state index contributed by atoms with van der Waals surface area (Å²) in [5.41, 5.74) is 6.05. The van der Waals surface area contributed by atoms with Crippen molar-refractivity contribution in [3.63, 3.8) is 0 Å². The van der Waals surface area contributed by atoms with Crippen molar-refractivity contribution in [2.45, 2.75) is 44.2 Å². The Labute approximate surface area is 205 Å². The van der Waals surface area contributed by atoms with Crippen LogP contribution in [0, 0.1) is 16.7 Å². The van der Waals surface area contributed by atoms with E-state index in [9.17, 15) is 14.7 Å². The molecule has 3 N–H and O–H groups in total. The molecular formula is C22H23ClN5O6P. The quantitative estimate of drug-likeness (QED) is 0.461. The summed E-state index contributed by atoms with van der Waals surface area (Å²) in [5.74, 6) is -1.01. The van der Waals surface area contributed by atoms with Crippen molar-refractivity contribution in [3.8, 4) is 11.8 Å². The Balaban J connectivity index is 1.45. The molecule has 1 saturated heterocycles. The Bertz CT molecular complexity index is 1380. The first-order valence-corrected chi connectivity index (χ1v) is 12.7. The number of hydrogen-bond donors (Lipinski definition) is 2. The molecule has 13 heteroatoms. The second-order valence-corrected chi connectivity index (χ2v) is 10.8. The van der Waals surface area contributed by atoms with Gasteiger partial charge in [0.2, 0.25) is 0 Å². The fraction of sp³-hybridized carbons (Fsp3) is 0.409. The van der Waals surface area contributed by atoms with Crippen molar-refractivity contribution in [3.05, 3.63) is 53.4 Å². The van der Waals surface area contributed by atoms with Gasteiger partial charge in [0.1, 0.15) is 29.1 Å². The summed E-state index contributed by atoms with van der Waals surface area (Å²) in [6, 6.07) is 12.1. The summed E-state index contributed by atoms with van der Waals surface area (Å²) in [6.07, 6.45) is 0.294. The number of nitriles is 1. The minimum absolute atomic E-state index is 0.00769. The van der Waals surface area contributed by atoms with Gasteiger partial charge in [-0.25, -0.2) is 14.1 Å². The molecule has 0 bridgehead atoms. The molecule has 0 amide bonds. The smallest absolute Gasteiger partial charge is 0.403 e. The van der Waals surface area contributed by atoms with Gasteiger partial charge in [0.25, 0.3) is 0 Å². The van der Waals surface area contributed by atoms with Gasteiger partial charge in [-0.3, -0.25) is 9.42 Å². The molecule has 5 rings (SSSR count). The molecule has 0 radical (unpaired) electrons. The van der Waals surface area contributed by atoms with E-state index >= 15 is 0 Å². The summed E-state index contributed by atoms with van der Waals surface area (Å²) in [7, 11) is -4.62. The minimum Gasteiger partial charge on any atom is -0.403 e. The average molecular weight is 520 g/mol. The molecule has 1 aliphatic carbocycles. The molecule has 1 saturated carbocycles. The van der Waals surface area contributed by atoms with E-state index in [1.807, 2.05) is 6.07 Å². The van der Waals surface area contributed by atoms with E-state index < -0.39 is 37.8 Å². The van der Waals surface area contributed by atoms with Crippen molar-refractivity contribution >= 4 is 30.8 Å². The Morgan fingerprint density at radius 1 is 1.34 bits per heavy atom. The number of anilines is 1. The molecule has 1 aliphatic heterocycles. The SMILES string of the molecule is CC1(C)O[C@H]2[C@H](c3ccc4c(N)ncnn34)C[C@](C#N)(COP(=O)(O)Oc3ccccc3Cl)[C@H]2O1. The Hall–Kier alpha value is -2.71. The number of nitrogens with two attached hydrogens (primary N) is 1. The predicted molar refractivity (Wildman–Crippen MR) is 124 cm³/mol. The van der Waals surface area contributed by atoms with Crippen LogP contribution < -0.4 is 10.3 Å². The third kappa shape index (κ3) is 4.27. The van der Waals surface area contributed by atoms with Crippen molar-refractivity contribution in [2.75, 3.05) is 12.3 Å². The van der Waals surface area contributed by atoms with Crippen molar-refractivity contribution in [2.24, 2.45) is 5.41 Å². The number of ether oxygens (including phenoxy) is 2. The molecule has 184 valence electrons. The standard InChI is InChI=1S/C22H23ClN5O6P/c1-21(2)32-18-13(15-7-8-16-20(25)26-12-27-28(15)16)9-22(10-24,19(18)33-21)11-31-35(29,30)34-17-6-4-3-5-14(17)23/h3-8,12-13,18-19H,9,11H2,1-2H3,(H,29,30)(H2,25,26,27)/t13-,18-,19-,22-/m0/s1. The Morgan fingerprint density at radius 3 is 2.86 bits per heavy atom. The van der Waals surface area contributed by atoms with Gasteiger partial charge in [-0.1, -0.05) is 23.7 Å². The number of rotatable bonds is 6. The maximum atomic E-state index is 12.7. The van der Waals surface area contributed by atoms with Crippen LogP contribution in [0.5, 0.6) is 5.75 Å². The second kappa shape index (κ2) is 8.45. The topological polar surface area (TPSA) is 154 Å². The van der Waals surface area contributed by atoms with Gasteiger partial charge in [0.15, 0.2) is 11.6 Å². The van der Waals surface area contributed by atoms with Gasteiger partial charge in [0.05, 0.1) is 23.8 Å². The first-order valence-electron chi connectivity index (χ1n) is 10.8. The molecular weight excluding hydrogens is 497 g/mol. The van der Waals surface area contributed by atoms with Crippen LogP contribution in [0.3, 0.4) is 0 Å². The molecule has 5 atom stereocenters. The van der Waals surface area contributed by atoms with Gasteiger partial charge in [-0.05, 0) is 44.5 Å². The molecule has 35 heavy (non-hydrogen) atoms. The lowest BCUT2D eigenvalue weighted by atomic mass is 9.85. The molecule has 1 aromatic carbocycles. The van der Waals surface area contributed by atoms with E-state index in [0.717, 1.165) is 5.69 Å². The maximum absolute atomic E-state index is 12.7. The highest BCUT2D eigenvalue weighted by Crippen LogP contribution is 2.57. The molecule has 0 spiro atoms. The number of halogens is 1. The van der Waals surface area contributed by atoms with E-state index in [1.165, 1.54) is 18.5 Å². The van der Waals surface area contributed by atoms with Crippen molar-refractivity contribution in [1.29, 1.82) is 5.26 Å². The first-order chi connectivity index (χ1) is 16.5. The van der Waals surface area contributed by atoms with Gasteiger partial charge in [-0.2, -0.15) is 10.4 Å². The van der Waals surface area contributed by atoms with Crippen LogP contribution in [0.2, 0.25) is 5.02 Å². The lowest BCUT2D eigenvalue weighted by Gasteiger charge is -2.29. The summed E-state index contributed by atoms with van der Waals surface area (Å²) in [6.45, 7) is 3.07. The molecule has 1 unspecified atom stereocenters. The van der Waals surface area contributed by atoms with Crippen LogP contribution in [0.1, 0.15) is 31.9 Å². The first kappa shape index (κ1) is 24.0. The predicted octanol–water partition coefficient (Wildman–Crippen LogP) is 3.68. The summed E-state index contributed by atoms with van der Waals surface area (Å²) >= 11 is 6.03. The van der Waals surface area contributed by atoms with E-state index in [0.29, 0.717) is 11.3 Å². The highest BCUT2D eigenvalue weighted by Gasteiger charge is 2.63. The molecule has 3 aromatic rings. The molecule has 11 nitrogen and oxygen atoms in total. The van der Waals surface area contributed by atoms with Gasteiger partial charge < -0.3 is 19.7 Å². The highest BCUT2D eigenvalue weighted by molar-refractivity contribution is 7.47. The summed E-state index contributed by atoms with van der Waals surface area (Å²) in [5, 5.41) is 14.7. The van der Waals surface area contributed by atoms with Crippen LogP contribution in [-0.2, 0) is 18.6 Å². The fourth-order valence-electron chi connectivity index (χ4n) is 4.81. The zero-order valence-electron chi connectivity index (χ0n) is 18.9. The molecule has 2 aromatic heterocycles. The number of aromatic nitrogens is 3. The second-order valence-electron chi connectivity index (χ2n) is 9.06. The Morgan fingerprint density at radius 2 is 2.11 bits per heavy atom. The number of para-hydroxylation sites is 1. The lowest BCUT2D eigenvalue weighted by Crippen LogP contribution is -2.38. The molecule has 3 heterocycles. The monoisotopic (exact) mass is 519 g/mol. The van der Waals surface area contributed by atoms with E-state index in [2.05, 4.69) is 16.2 Å². The van der Waals surface area contributed by atoms with Crippen LogP contribution in [-0.4, -0.2) is 44.1 Å². The number of phosphoric ester groups is 1. The lowest BCUT2D eigenvalue weighted by molar-refractivity contribution is -0.164. The molecule has 2 fully saturated rings. The minimum atomic E-state index is -4.62. The van der Waals surface area contributed by atoms with E-state index in [1.54, 1.807) is 36.6 Å². The van der Waals surface area contributed by atoms with Crippen LogP contribution in [0.15, 0.2) is 42.7 Å². The summed E-state index contributed by atoms with van der Waals surface area (Å²) < 4.78 is 37.2. The van der Waals surface area contributed by atoms with E-state index in [-0.39, 0.29) is 23.1 Å². The van der Waals surface area contributed by atoms with Crippen LogP contribution >= 0.6 is 19.4 Å². The van der Waals surface area contributed by atoms with Crippen LogP contribution in [0.25, 0.3) is 5.52 Å². The summed E-state index contributed by atoms with van der Waals surface area (Å²) in [4.78, 5) is 14.4. The normalized spacial score (nSPS) is 28.9. The van der Waals surface area contributed by atoms with Gasteiger partial charge >= 0.3 is 7.82 Å². The number of hydrogen-bond acceptors (Lipinski definition) is 9. The molecule has 2 aliphatic rings. The maximum Gasteiger partial charge on any atom is 0.527 e. The van der Waals surface area contributed by atoms with Crippen molar-refractivity contribution in [1.82, 2.24) is 14.6 Å². The van der Waals surface area contributed by atoms with Gasteiger partial charge in [-0.15, -0.1) is 0 Å². The number of nitrogens with zero attached hydrogens (tertiary/aromatic N) is 4. The van der Waals surface area contributed by atoms with Gasteiger partial charge in [0, 0.05) is 11.6 Å². The third-order valence-electron chi connectivity index (χ3n) is 6.30. The fourth-order valence-corrected chi connectivity index (χ4v) is 5.89. The Kier molecular flexibility index (Phi) is 5.79. The van der Waals surface area contributed by atoms with Crippen LogP contribution in [0.4, 0.5) is 5.82 Å². The van der Waals surface area contributed by atoms with Crippen molar-refractivity contribution < 1.29 is 28.0 Å². The number of nitrogen functional groups attached to an aromatic ring is 1. The zero-order valence-corrected chi connectivity index (χ0v) is 20.5. The number of fused-ring (bicyclic) bond motifs is 2. The largest absolute Gasteiger partial charge is 0.527 e. The van der Waals surface area contributed by atoms with E-state index in [4.69, 9.17) is 35.9 Å². The zero-order chi connectivity index (χ0) is 25.0.